The number of carboxylic acid groups (broad SMARTS) is 1. The first-order valence-electron chi connectivity index (χ1n) is 13.5. The molecule has 0 unspecified atom stereocenters. The molecule has 2 aliphatic rings. The number of aromatic nitrogens is 1. The van der Waals surface area contributed by atoms with E-state index in [-0.39, 0.29) is 0 Å². The molecule has 43 heavy (non-hydrogen) atoms. The van der Waals surface area contributed by atoms with Crippen LogP contribution in [0.1, 0.15) is 24.4 Å². The van der Waals surface area contributed by atoms with Crippen LogP contribution in [0.2, 0.25) is 0 Å². The largest absolute Gasteiger partial charge is 0.542 e. The summed E-state index contributed by atoms with van der Waals surface area (Å²) in [6.07, 6.45) is 3.46. The number of ether oxygens (including phenoxy) is 1. The first-order valence-corrected chi connectivity index (χ1v) is 15.1. The minimum Gasteiger partial charge on any atom is -0.542 e. The number of hydrogen-bond donors (Lipinski definition) is 0. The number of hydrogen-bond acceptors (Lipinski definition) is 6. The number of aryl methyl sites for hydroxylation is 1. The molecule has 1 aromatic heterocycles. The molecule has 2 aliphatic heterocycles. The summed E-state index contributed by atoms with van der Waals surface area (Å²) < 4.78 is 41.7. The van der Waals surface area contributed by atoms with Crippen molar-refractivity contribution in [3.63, 3.8) is 0 Å². The van der Waals surface area contributed by atoms with Crippen LogP contribution in [0.4, 0.5) is 18.9 Å². The first-order chi connectivity index (χ1) is 20.7. The van der Waals surface area contributed by atoms with Crippen molar-refractivity contribution in [3.8, 4) is 0 Å². The number of para-hydroxylation sites is 2. The number of aliphatic carboxylic acids is 1. The molecule has 220 valence electrons. The Hall–Kier alpha value is -4.28. The second-order valence-corrected chi connectivity index (χ2v) is 11.5. The number of fused-ring (bicyclic) bond motifs is 2. The molecule has 0 atom stereocenters. The van der Waals surface area contributed by atoms with Crippen molar-refractivity contribution in [1.82, 2.24) is 0 Å². The molecule has 10 heteroatoms. The summed E-state index contributed by atoms with van der Waals surface area (Å²) in [7, 11) is 0. The summed E-state index contributed by atoms with van der Waals surface area (Å²) in [4.78, 5) is 12.4. The molecule has 0 saturated carbocycles. The van der Waals surface area contributed by atoms with E-state index in [1.165, 1.54) is 36.4 Å². The third-order valence-corrected chi connectivity index (χ3v) is 8.83. The van der Waals surface area contributed by atoms with E-state index in [1.807, 2.05) is 0 Å². The maximum atomic E-state index is 10.5. The molecular weight excluding hydrogens is 594 g/mol. The normalized spacial score (nSPS) is 16.3. The highest BCUT2D eigenvalue weighted by atomic mass is 32.2. The summed E-state index contributed by atoms with van der Waals surface area (Å²) in [6, 6.07) is 27.7. The summed E-state index contributed by atoms with van der Waals surface area (Å²) in [5.41, 5.74) is 4.85. The zero-order valence-corrected chi connectivity index (χ0v) is 24.9. The van der Waals surface area contributed by atoms with Gasteiger partial charge >= 0.3 is 6.18 Å². The maximum Gasteiger partial charge on any atom is 0.430 e. The van der Waals surface area contributed by atoms with Crippen LogP contribution in [0.5, 0.6) is 0 Å². The Morgan fingerprint density at radius 3 is 2.33 bits per heavy atom. The van der Waals surface area contributed by atoms with Gasteiger partial charge in [0, 0.05) is 23.6 Å². The Labute approximate surface area is 255 Å². The van der Waals surface area contributed by atoms with Crippen LogP contribution in [0.3, 0.4) is 0 Å². The minimum absolute atomic E-state index is 0.848. The number of carbonyl (C=O) groups excluding carboxylic acids is 1. The van der Waals surface area contributed by atoms with Crippen LogP contribution in [-0.4, -0.2) is 18.7 Å². The molecule has 6 rings (SSSR count). The van der Waals surface area contributed by atoms with Crippen molar-refractivity contribution in [2.45, 2.75) is 31.5 Å². The van der Waals surface area contributed by atoms with Gasteiger partial charge in [-0.15, -0.1) is 0 Å². The number of anilines is 1. The summed E-state index contributed by atoms with van der Waals surface area (Å²) in [6.45, 7) is 6.20. The van der Waals surface area contributed by atoms with Crippen LogP contribution < -0.4 is 14.6 Å². The number of alkyl halides is 3. The topological polar surface area (TPSA) is 56.5 Å². The zero-order chi connectivity index (χ0) is 30.6. The summed E-state index contributed by atoms with van der Waals surface area (Å²) in [5.74, 6) is -1.31. The molecule has 3 aromatic carbocycles. The van der Waals surface area contributed by atoms with E-state index in [2.05, 4.69) is 126 Å². The van der Waals surface area contributed by atoms with Gasteiger partial charge < -0.3 is 19.5 Å². The number of thiazole rings is 1. The molecule has 0 spiro atoms. The Morgan fingerprint density at radius 1 is 0.953 bits per heavy atom. The Bertz CT molecular complexity index is 1770. The van der Waals surface area contributed by atoms with Gasteiger partial charge in [0.15, 0.2) is 0 Å². The fourth-order valence-corrected chi connectivity index (χ4v) is 7.03. The monoisotopic (exact) mass is 620 g/mol. The molecule has 0 radical (unpaired) electrons. The molecule has 0 amide bonds. The van der Waals surface area contributed by atoms with Crippen LogP contribution in [-0.2, 0) is 16.1 Å². The molecule has 0 saturated heterocycles. The van der Waals surface area contributed by atoms with E-state index in [4.69, 9.17) is 14.6 Å². The number of allylic oxidation sites excluding steroid dienone is 4. The fraction of sp³-hybridized carbons (Fsp3) is 0.152. The highest BCUT2D eigenvalue weighted by Crippen LogP contribution is 2.46. The molecular formula is C33H27F3N2O3S2. The smallest absolute Gasteiger partial charge is 0.430 e. The molecule has 0 aliphatic carbocycles. The lowest BCUT2D eigenvalue weighted by atomic mass is 10.0. The predicted octanol–water partition coefficient (Wildman–Crippen LogP) is 7.32. The second-order valence-electron chi connectivity index (χ2n) is 9.40. The number of rotatable bonds is 5. The lowest BCUT2D eigenvalue weighted by Crippen LogP contribution is -2.37. The van der Waals surface area contributed by atoms with Gasteiger partial charge in [0.05, 0.1) is 16.8 Å². The van der Waals surface area contributed by atoms with Crippen molar-refractivity contribution in [1.29, 1.82) is 0 Å². The third-order valence-electron chi connectivity index (χ3n) is 6.61. The van der Waals surface area contributed by atoms with Gasteiger partial charge in [0.2, 0.25) is 5.52 Å². The molecule has 0 fully saturated rings. The van der Waals surface area contributed by atoms with E-state index in [9.17, 15) is 13.2 Å². The zero-order valence-electron chi connectivity index (χ0n) is 23.3. The third kappa shape index (κ3) is 6.87. The first kappa shape index (κ1) is 30.2. The van der Waals surface area contributed by atoms with Gasteiger partial charge in [-0.3, -0.25) is 0 Å². The Morgan fingerprint density at radius 2 is 1.63 bits per heavy atom. The van der Waals surface area contributed by atoms with Crippen molar-refractivity contribution in [2.24, 2.45) is 0 Å². The second kappa shape index (κ2) is 12.9. The number of benzene rings is 3. The fourth-order valence-electron chi connectivity index (χ4n) is 4.70. The molecule has 0 N–H and O–H groups in total. The number of carboxylic acids is 1. The minimum atomic E-state index is -5.19. The SMILES string of the molecule is CCN1/C(=C/C2=CC(c3ccccc3)=C/C(=C\c3sc4ccccc4[n+]3CC)O2)Sc2ccccc21.O=C([O-])C(F)(F)F. The van der Waals surface area contributed by atoms with Crippen LogP contribution in [0.25, 0.3) is 21.9 Å². The maximum absolute atomic E-state index is 10.5. The van der Waals surface area contributed by atoms with Gasteiger partial charge in [-0.2, -0.15) is 17.7 Å². The van der Waals surface area contributed by atoms with Crippen LogP contribution in [0, 0.1) is 0 Å². The van der Waals surface area contributed by atoms with E-state index in [1.54, 1.807) is 23.1 Å². The molecule has 0 bridgehead atoms. The number of halogens is 3. The van der Waals surface area contributed by atoms with E-state index < -0.39 is 12.1 Å². The van der Waals surface area contributed by atoms with Crippen LogP contribution in [0.15, 0.2) is 119 Å². The van der Waals surface area contributed by atoms with Gasteiger partial charge in [0.25, 0.3) is 5.01 Å². The van der Waals surface area contributed by atoms with Crippen molar-refractivity contribution in [2.75, 3.05) is 11.4 Å². The summed E-state index contributed by atoms with van der Waals surface area (Å²) in [5, 5.41) is 11.2. The van der Waals surface area contributed by atoms with E-state index in [0.29, 0.717) is 0 Å². The Balaban J connectivity index is 0.000000472. The standard InChI is InChI=1S/C31H27N2OS2.C2HF3O2/c1-3-32-26-14-8-10-16-28(26)35-30(32)20-24-18-23(22-12-6-5-7-13-22)19-25(34-24)21-31-33(4-2)27-15-9-11-17-29(27)36-31;3-2(4,5)1(6)7/h5-21H,3-4H2,1-2H3;(H,6,7)/q+1;/p-1. The highest BCUT2D eigenvalue weighted by Gasteiger charge is 2.29. The number of thioether (sulfide) groups is 1. The lowest BCUT2D eigenvalue weighted by molar-refractivity contribution is -0.665. The van der Waals surface area contributed by atoms with Gasteiger partial charge in [-0.1, -0.05) is 77.7 Å². The van der Waals surface area contributed by atoms with Gasteiger partial charge in [-0.25, -0.2) is 0 Å². The van der Waals surface area contributed by atoms with Crippen LogP contribution >= 0.6 is 23.1 Å². The van der Waals surface area contributed by atoms with E-state index >= 15 is 0 Å². The molecule has 5 nitrogen and oxygen atoms in total. The average molecular weight is 621 g/mol. The molecule has 3 heterocycles. The predicted molar refractivity (Wildman–Crippen MR) is 164 cm³/mol. The van der Waals surface area contributed by atoms with Crippen molar-refractivity contribution < 1.29 is 32.4 Å². The Kier molecular flexibility index (Phi) is 9.08. The number of carbonyl (C=O) groups is 1. The van der Waals surface area contributed by atoms with E-state index in [0.717, 1.165) is 30.2 Å². The number of nitrogens with zero attached hydrogens (tertiary/aromatic N) is 2. The molecule has 4 aromatic rings. The average Bonchev–Trinajstić information content (AvgIpc) is 3.53. The van der Waals surface area contributed by atoms with Gasteiger partial charge in [-0.05, 0) is 55.3 Å². The quantitative estimate of drug-likeness (QED) is 0.219. The lowest BCUT2D eigenvalue weighted by Gasteiger charge is -2.20. The highest BCUT2D eigenvalue weighted by molar-refractivity contribution is 8.03. The van der Waals surface area contributed by atoms with Crippen molar-refractivity contribution >= 4 is 56.6 Å². The summed E-state index contributed by atoms with van der Waals surface area (Å²) >= 11 is 3.60. The van der Waals surface area contributed by atoms with Gasteiger partial charge in [0.1, 0.15) is 28.7 Å². The van der Waals surface area contributed by atoms with Crippen molar-refractivity contribution in [3.05, 3.63) is 124 Å².